The fourth-order valence-electron chi connectivity index (χ4n) is 1.93. The van der Waals surface area contributed by atoms with Crippen LogP contribution in [0, 0.1) is 5.92 Å². The van der Waals surface area contributed by atoms with Gasteiger partial charge in [0.15, 0.2) is 5.78 Å². The Morgan fingerprint density at radius 1 is 1.73 bits per heavy atom. The predicted molar refractivity (Wildman–Crippen MR) is 55.8 cm³/mol. The highest BCUT2D eigenvalue weighted by molar-refractivity contribution is 5.94. The molecule has 15 heavy (non-hydrogen) atoms. The van der Waals surface area contributed by atoms with E-state index in [1.54, 1.807) is 16.9 Å². The molecule has 0 aliphatic carbocycles. The van der Waals surface area contributed by atoms with E-state index in [0.717, 1.165) is 31.9 Å². The Morgan fingerprint density at radius 3 is 3.27 bits per heavy atom. The molecule has 1 aromatic heterocycles. The van der Waals surface area contributed by atoms with Crippen molar-refractivity contribution in [1.29, 1.82) is 0 Å². The second-order valence-electron chi connectivity index (χ2n) is 3.89. The summed E-state index contributed by atoms with van der Waals surface area (Å²) in [6.07, 6.45) is 3.28. The molecule has 0 radical (unpaired) electrons. The number of carbonyl (C=O) groups is 1. The molecule has 0 bridgehead atoms. The molecule has 4 nitrogen and oxygen atoms in total. The molecule has 0 aromatic carbocycles. The first-order chi connectivity index (χ1) is 7.31. The van der Waals surface area contributed by atoms with E-state index in [1.165, 1.54) is 0 Å². The van der Waals surface area contributed by atoms with Crippen LogP contribution in [0.1, 0.15) is 30.3 Å². The van der Waals surface area contributed by atoms with Crippen molar-refractivity contribution in [3.05, 3.63) is 18.0 Å². The molecule has 1 aliphatic rings. The normalized spacial score (nSPS) is 20.7. The fraction of sp³-hybridized carbons (Fsp3) is 0.636. The number of ketones is 1. The van der Waals surface area contributed by atoms with Crippen LogP contribution in [-0.2, 0) is 11.3 Å². The maximum atomic E-state index is 11.9. The van der Waals surface area contributed by atoms with Gasteiger partial charge in [-0.15, -0.1) is 0 Å². The number of aromatic nitrogens is 2. The number of rotatable bonds is 4. The van der Waals surface area contributed by atoms with Crippen LogP contribution in [0.3, 0.4) is 0 Å². The van der Waals surface area contributed by atoms with Crippen LogP contribution in [0.2, 0.25) is 0 Å². The third kappa shape index (κ3) is 2.26. The monoisotopic (exact) mass is 208 g/mol. The average molecular weight is 208 g/mol. The second kappa shape index (κ2) is 4.57. The number of ether oxygens (including phenoxy) is 1. The van der Waals surface area contributed by atoms with E-state index in [4.69, 9.17) is 4.74 Å². The molecule has 0 spiro atoms. The summed E-state index contributed by atoms with van der Waals surface area (Å²) in [5.74, 6) is 0.586. The molecule has 0 N–H and O–H groups in total. The van der Waals surface area contributed by atoms with Gasteiger partial charge < -0.3 is 4.74 Å². The largest absolute Gasteiger partial charge is 0.381 e. The molecule has 0 saturated carbocycles. The first kappa shape index (κ1) is 10.4. The molecular weight excluding hydrogens is 192 g/mol. The van der Waals surface area contributed by atoms with Crippen molar-refractivity contribution in [2.24, 2.45) is 5.92 Å². The van der Waals surface area contributed by atoms with Crippen molar-refractivity contribution in [2.45, 2.75) is 26.3 Å². The van der Waals surface area contributed by atoms with Gasteiger partial charge in [-0.1, -0.05) is 0 Å². The summed E-state index contributed by atoms with van der Waals surface area (Å²) in [5, 5.41) is 4.09. The summed E-state index contributed by atoms with van der Waals surface area (Å²) < 4.78 is 7.01. The topological polar surface area (TPSA) is 44.1 Å². The summed E-state index contributed by atoms with van der Waals surface area (Å²) in [7, 11) is 0. The third-order valence-corrected chi connectivity index (χ3v) is 2.80. The van der Waals surface area contributed by atoms with Crippen LogP contribution in [0.25, 0.3) is 0 Å². The van der Waals surface area contributed by atoms with Gasteiger partial charge in [-0.2, -0.15) is 5.10 Å². The summed E-state index contributed by atoms with van der Waals surface area (Å²) in [5.41, 5.74) is 0.726. The lowest BCUT2D eigenvalue weighted by molar-refractivity contribution is 0.0942. The Kier molecular flexibility index (Phi) is 3.16. The highest BCUT2D eigenvalue weighted by Gasteiger charge is 2.21. The minimum atomic E-state index is 0.185. The Balaban J connectivity index is 2.00. The fourth-order valence-corrected chi connectivity index (χ4v) is 1.93. The van der Waals surface area contributed by atoms with Gasteiger partial charge in [-0.3, -0.25) is 9.48 Å². The standard InChI is InChI=1S/C11H16N2O2/c1-2-13-10(3-5-12-13)11(14)7-9-4-6-15-8-9/h3,5,9H,2,4,6-8H2,1H3. The molecule has 4 heteroatoms. The molecule has 1 atom stereocenters. The molecule has 1 aromatic rings. The number of aryl methyl sites for hydroxylation is 1. The van der Waals surface area contributed by atoms with Gasteiger partial charge in [-0.25, -0.2) is 0 Å². The summed E-state index contributed by atoms with van der Waals surface area (Å²) in [6.45, 7) is 4.26. The van der Waals surface area contributed by atoms with Gasteiger partial charge in [0.25, 0.3) is 0 Å². The van der Waals surface area contributed by atoms with Crippen molar-refractivity contribution < 1.29 is 9.53 Å². The molecule has 2 rings (SSSR count). The van der Waals surface area contributed by atoms with Crippen LogP contribution in [0.5, 0.6) is 0 Å². The number of hydrogen-bond donors (Lipinski definition) is 0. The van der Waals surface area contributed by atoms with Crippen LogP contribution in [-0.4, -0.2) is 28.8 Å². The van der Waals surface area contributed by atoms with E-state index >= 15 is 0 Å². The minimum Gasteiger partial charge on any atom is -0.381 e. The summed E-state index contributed by atoms with van der Waals surface area (Å²) in [6, 6.07) is 1.79. The highest BCUT2D eigenvalue weighted by Crippen LogP contribution is 2.18. The number of carbonyl (C=O) groups excluding carboxylic acids is 1. The van der Waals surface area contributed by atoms with Gasteiger partial charge in [0.05, 0.1) is 0 Å². The van der Waals surface area contributed by atoms with Gasteiger partial charge in [0, 0.05) is 32.4 Å². The summed E-state index contributed by atoms with van der Waals surface area (Å²) in [4.78, 5) is 11.9. The Bertz CT molecular complexity index is 340. The van der Waals surface area contributed by atoms with Crippen molar-refractivity contribution in [3.8, 4) is 0 Å². The van der Waals surface area contributed by atoms with Crippen LogP contribution < -0.4 is 0 Å². The third-order valence-electron chi connectivity index (χ3n) is 2.80. The zero-order chi connectivity index (χ0) is 10.7. The molecule has 1 aliphatic heterocycles. The molecule has 1 unspecified atom stereocenters. The smallest absolute Gasteiger partial charge is 0.181 e. The van der Waals surface area contributed by atoms with E-state index in [1.807, 2.05) is 6.92 Å². The van der Waals surface area contributed by atoms with Gasteiger partial charge >= 0.3 is 0 Å². The molecule has 82 valence electrons. The lowest BCUT2D eigenvalue weighted by Crippen LogP contribution is -2.13. The number of Topliss-reactive ketones (excluding diaryl/α,β-unsaturated/α-hetero) is 1. The lowest BCUT2D eigenvalue weighted by Gasteiger charge is -2.07. The van der Waals surface area contributed by atoms with E-state index in [2.05, 4.69) is 5.10 Å². The minimum absolute atomic E-state index is 0.185. The van der Waals surface area contributed by atoms with Gasteiger partial charge in [0.1, 0.15) is 5.69 Å². The molecule has 2 heterocycles. The highest BCUT2D eigenvalue weighted by atomic mass is 16.5. The number of hydrogen-bond acceptors (Lipinski definition) is 3. The zero-order valence-electron chi connectivity index (χ0n) is 8.98. The SMILES string of the molecule is CCn1nccc1C(=O)CC1CCOC1. The van der Waals surface area contributed by atoms with E-state index in [0.29, 0.717) is 12.3 Å². The quantitative estimate of drug-likeness (QED) is 0.704. The number of nitrogens with zero attached hydrogens (tertiary/aromatic N) is 2. The maximum absolute atomic E-state index is 11.9. The maximum Gasteiger partial charge on any atom is 0.181 e. The van der Waals surface area contributed by atoms with Crippen molar-refractivity contribution in [1.82, 2.24) is 9.78 Å². The molecular formula is C11H16N2O2. The van der Waals surface area contributed by atoms with Gasteiger partial charge in [-0.05, 0) is 25.3 Å². The molecule has 1 fully saturated rings. The predicted octanol–water partition coefficient (Wildman–Crippen LogP) is 1.51. The van der Waals surface area contributed by atoms with Crippen molar-refractivity contribution in [3.63, 3.8) is 0 Å². The van der Waals surface area contributed by atoms with Crippen molar-refractivity contribution >= 4 is 5.78 Å². The van der Waals surface area contributed by atoms with E-state index < -0.39 is 0 Å². The first-order valence-electron chi connectivity index (χ1n) is 5.44. The summed E-state index contributed by atoms with van der Waals surface area (Å²) >= 11 is 0. The Morgan fingerprint density at radius 2 is 2.60 bits per heavy atom. The average Bonchev–Trinajstić information content (AvgIpc) is 2.86. The second-order valence-corrected chi connectivity index (χ2v) is 3.89. The zero-order valence-corrected chi connectivity index (χ0v) is 8.98. The van der Waals surface area contributed by atoms with Crippen LogP contribution in [0.4, 0.5) is 0 Å². The molecule has 0 amide bonds. The Labute approximate surface area is 89.2 Å². The van der Waals surface area contributed by atoms with Crippen LogP contribution >= 0.6 is 0 Å². The van der Waals surface area contributed by atoms with Crippen LogP contribution in [0.15, 0.2) is 12.3 Å². The Hall–Kier alpha value is -1.16. The van der Waals surface area contributed by atoms with Crippen molar-refractivity contribution in [2.75, 3.05) is 13.2 Å². The van der Waals surface area contributed by atoms with E-state index in [-0.39, 0.29) is 5.78 Å². The van der Waals surface area contributed by atoms with E-state index in [9.17, 15) is 4.79 Å². The van der Waals surface area contributed by atoms with Gasteiger partial charge in [0.2, 0.25) is 0 Å². The molecule has 1 saturated heterocycles. The lowest BCUT2D eigenvalue weighted by atomic mass is 10.0. The first-order valence-corrected chi connectivity index (χ1v) is 5.44.